The second kappa shape index (κ2) is 8.32. The number of benzene rings is 1. The summed E-state index contributed by atoms with van der Waals surface area (Å²) in [7, 11) is 0. The summed E-state index contributed by atoms with van der Waals surface area (Å²) in [5, 5.41) is 2.28. The molecule has 25 heavy (non-hydrogen) atoms. The van der Waals surface area contributed by atoms with Crippen LogP contribution in [0.15, 0.2) is 58.5 Å². The summed E-state index contributed by atoms with van der Waals surface area (Å²) in [6.45, 7) is 0.884. The summed E-state index contributed by atoms with van der Waals surface area (Å²) in [6.07, 6.45) is 2.25. The molecule has 130 valence electrons. The molecular weight excluding hydrogens is 361 g/mol. The Morgan fingerprint density at radius 2 is 2.08 bits per heavy atom. The average molecular weight is 378 g/mol. The van der Waals surface area contributed by atoms with E-state index in [9.17, 15) is 9.18 Å². The number of nitrogens with zero attached hydrogens (tertiary/aromatic N) is 1. The molecule has 0 unspecified atom stereocenters. The molecule has 0 fully saturated rings. The first-order chi connectivity index (χ1) is 12.1. The molecule has 3 nitrogen and oxygen atoms in total. The van der Waals surface area contributed by atoms with Gasteiger partial charge in [0.05, 0.1) is 19.2 Å². The SMILES string of the molecule is O=C(Cc1c(F)cccc1Cl)N(CCc1cccs1)Cc1ccco1. The summed E-state index contributed by atoms with van der Waals surface area (Å²) in [4.78, 5) is 15.6. The van der Waals surface area contributed by atoms with Crippen molar-refractivity contribution in [3.05, 3.63) is 81.1 Å². The number of carbonyl (C=O) groups is 1. The number of furan rings is 1. The Kier molecular flexibility index (Phi) is 5.89. The third-order valence-electron chi connectivity index (χ3n) is 3.88. The molecule has 2 heterocycles. The first-order valence-corrected chi connectivity index (χ1v) is 9.14. The summed E-state index contributed by atoms with van der Waals surface area (Å²) < 4.78 is 19.3. The van der Waals surface area contributed by atoms with Crippen molar-refractivity contribution in [1.82, 2.24) is 4.90 Å². The first-order valence-electron chi connectivity index (χ1n) is 7.89. The lowest BCUT2D eigenvalue weighted by molar-refractivity contribution is -0.131. The minimum absolute atomic E-state index is 0.0728. The topological polar surface area (TPSA) is 33.5 Å². The Balaban J connectivity index is 1.73. The predicted molar refractivity (Wildman–Crippen MR) is 97.3 cm³/mol. The van der Waals surface area contributed by atoms with Gasteiger partial charge < -0.3 is 9.32 Å². The maximum Gasteiger partial charge on any atom is 0.227 e. The van der Waals surface area contributed by atoms with Crippen LogP contribution in [0.4, 0.5) is 4.39 Å². The van der Waals surface area contributed by atoms with Crippen molar-refractivity contribution in [3.8, 4) is 0 Å². The van der Waals surface area contributed by atoms with E-state index in [4.69, 9.17) is 16.0 Å². The van der Waals surface area contributed by atoms with Gasteiger partial charge in [-0.05, 0) is 42.1 Å². The molecule has 0 N–H and O–H groups in total. The van der Waals surface area contributed by atoms with Crippen LogP contribution in [0.2, 0.25) is 5.02 Å². The molecule has 0 aliphatic heterocycles. The highest BCUT2D eigenvalue weighted by Crippen LogP contribution is 2.21. The second-order valence-electron chi connectivity index (χ2n) is 5.60. The van der Waals surface area contributed by atoms with E-state index in [1.807, 2.05) is 23.6 Å². The summed E-state index contributed by atoms with van der Waals surface area (Å²) in [6, 6.07) is 12.1. The lowest BCUT2D eigenvalue weighted by Crippen LogP contribution is -2.33. The third kappa shape index (κ3) is 4.71. The lowest BCUT2D eigenvalue weighted by Gasteiger charge is -2.22. The largest absolute Gasteiger partial charge is 0.467 e. The van der Waals surface area contributed by atoms with Crippen molar-refractivity contribution in [2.45, 2.75) is 19.4 Å². The van der Waals surface area contributed by atoms with E-state index in [-0.39, 0.29) is 22.9 Å². The maximum atomic E-state index is 14.0. The first kappa shape index (κ1) is 17.7. The van der Waals surface area contributed by atoms with Crippen LogP contribution >= 0.6 is 22.9 Å². The Labute approximate surface area is 154 Å². The molecule has 6 heteroatoms. The molecule has 0 bridgehead atoms. The fourth-order valence-corrected chi connectivity index (χ4v) is 3.47. The average Bonchev–Trinajstić information content (AvgIpc) is 3.28. The van der Waals surface area contributed by atoms with Crippen LogP contribution in [0.5, 0.6) is 0 Å². The van der Waals surface area contributed by atoms with Gasteiger partial charge in [0.25, 0.3) is 0 Å². The third-order valence-corrected chi connectivity index (χ3v) is 5.17. The standard InChI is InChI=1S/C19H17ClFNO2S/c20-17-6-1-7-18(21)16(17)12-19(23)22(13-14-4-2-10-24-14)9-8-15-5-3-11-25-15/h1-7,10-11H,8-9,12-13H2. The number of rotatable bonds is 7. The molecule has 0 aliphatic carbocycles. The number of halogens is 2. The van der Waals surface area contributed by atoms with Gasteiger partial charge in [0.15, 0.2) is 0 Å². The fourth-order valence-electron chi connectivity index (χ4n) is 2.55. The molecule has 2 aromatic heterocycles. The van der Waals surface area contributed by atoms with Crippen molar-refractivity contribution >= 4 is 28.8 Å². The van der Waals surface area contributed by atoms with Crippen molar-refractivity contribution in [2.75, 3.05) is 6.54 Å². The van der Waals surface area contributed by atoms with E-state index in [0.29, 0.717) is 18.8 Å². The summed E-state index contributed by atoms with van der Waals surface area (Å²) in [5.41, 5.74) is 0.231. The summed E-state index contributed by atoms with van der Waals surface area (Å²) in [5.74, 6) is 0.0520. The number of thiophene rings is 1. The zero-order chi connectivity index (χ0) is 17.6. The Bertz CT molecular complexity index is 798. The predicted octanol–water partition coefficient (Wildman–Crippen LogP) is 4.95. The minimum Gasteiger partial charge on any atom is -0.467 e. The van der Waals surface area contributed by atoms with Gasteiger partial charge in [-0.2, -0.15) is 0 Å². The quantitative estimate of drug-likeness (QED) is 0.583. The molecule has 0 saturated heterocycles. The zero-order valence-electron chi connectivity index (χ0n) is 13.5. The molecule has 0 saturated carbocycles. The van der Waals surface area contributed by atoms with Crippen LogP contribution in [0.3, 0.4) is 0 Å². The molecule has 1 aromatic carbocycles. The Morgan fingerprint density at radius 3 is 2.76 bits per heavy atom. The molecule has 0 aliphatic rings. The highest BCUT2D eigenvalue weighted by molar-refractivity contribution is 7.09. The second-order valence-corrected chi connectivity index (χ2v) is 7.04. The van der Waals surface area contributed by atoms with Crippen LogP contribution in [0, 0.1) is 5.82 Å². The Hall–Kier alpha value is -2.11. The molecule has 0 spiro atoms. The minimum atomic E-state index is -0.461. The van der Waals surface area contributed by atoms with Gasteiger partial charge in [-0.15, -0.1) is 11.3 Å². The summed E-state index contributed by atoms with van der Waals surface area (Å²) >= 11 is 7.70. The van der Waals surface area contributed by atoms with E-state index in [0.717, 1.165) is 6.42 Å². The van der Waals surface area contributed by atoms with Gasteiger partial charge in [-0.1, -0.05) is 23.7 Å². The zero-order valence-corrected chi connectivity index (χ0v) is 15.0. The highest BCUT2D eigenvalue weighted by atomic mass is 35.5. The molecule has 3 aromatic rings. The van der Waals surface area contributed by atoms with Crippen molar-refractivity contribution < 1.29 is 13.6 Å². The van der Waals surface area contributed by atoms with Gasteiger partial charge in [0.1, 0.15) is 11.6 Å². The van der Waals surface area contributed by atoms with E-state index in [1.165, 1.54) is 17.0 Å². The molecule has 1 amide bonds. The number of hydrogen-bond donors (Lipinski definition) is 0. The van der Waals surface area contributed by atoms with Crippen LogP contribution in [-0.2, 0) is 24.2 Å². The van der Waals surface area contributed by atoms with Gasteiger partial charge in [-0.3, -0.25) is 4.79 Å². The van der Waals surface area contributed by atoms with Crippen molar-refractivity contribution in [1.29, 1.82) is 0 Å². The van der Waals surface area contributed by atoms with Gasteiger partial charge in [0.2, 0.25) is 5.91 Å². The smallest absolute Gasteiger partial charge is 0.227 e. The van der Waals surface area contributed by atoms with E-state index < -0.39 is 5.82 Å². The van der Waals surface area contributed by atoms with Gasteiger partial charge in [0, 0.05) is 22.0 Å². The number of amides is 1. The molecule has 3 rings (SSSR count). The van der Waals surface area contributed by atoms with Crippen molar-refractivity contribution in [2.24, 2.45) is 0 Å². The van der Waals surface area contributed by atoms with E-state index in [2.05, 4.69) is 0 Å². The number of hydrogen-bond acceptors (Lipinski definition) is 3. The van der Waals surface area contributed by atoms with Crippen molar-refractivity contribution in [3.63, 3.8) is 0 Å². The number of carbonyl (C=O) groups excluding carboxylic acids is 1. The van der Waals surface area contributed by atoms with Crippen LogP contribution in [-0.4, -0.2) is 17.4 Å². The van der Waals surface area contributed by atoms with Crippen LogP contribution in [0.1, 0.15) is 16.2 Å². The van der Waals surface area contributed by atoms with Gasteiger partial charge in [-0.25, -0.2) is 4.39 Å². The van der Waals surface area contributed by atoms with E-state index in [1.54, 1.807) is 34.6 Å². The molecule has 0 atom stereocenters. The molecular formula is C19H17ClFNO2S. The van der Waals surface area contributed by atoms with Crippen LogP contribution in [0.25, 0.3) is 0 Å². The highest BCUT2D eigenvalue weighted by Gasteiger charge is 2.19. The fraction of sp³-hybridized carbons (Fsp3) is 0.211. The van der Waals surface area contributed by atoms with Gasteiger partial charge >= 0.3 is 0 Å². The van der Waals surface area contributed by atoms with Crippen LogP contribution < -0.4 is 0 Å². The Morgan fingerprint density at radius 1 is 1.20 bits per heavy atom. The monoisotopic (exact) mass is 377 g/mol. The molecule has 0 radical (unpaired) electrons. The maximum absolute atomic E-state index is 14.0. The lowest BCUT2D eigenvalue weighted by atomic mass is 10.1. The normalized spacial score (nSPS) is 10.8. The van der Waals surface area contributed by atoms with E-state index >= 15 is 0 Å².